The summed E-state index contributed by atoms with van der Waals surface area (Å²) in [6.07, 6.45) is 6.35. The third-order valence-corrected chi connectivity index (χ3v) is 2.89. The molecule has 0 aliphatic rings. The van der Waals surface area contributed by atoms with Crippen LogP contribution in [0, 0.1) is 6.07 Å². The summed E-state index contributed by atoms with van der Waals surface area (Å²) >= 11 is 0. The minimum atomic E-state index is 0. The summed E-state index contributed by atoms with van der Waals surface area (Å²) in [6.45, 7) is 2.02. The molecule has 2 aromatic rings. The van der Waals surface area contributed by atoms with Gasteiger partial charge in [-0.15, -0.1) is 41.5 Å². The van der Waals surface area contributed by atoms with Gasteiger partial charge in [0.05, 0.1) is 0 Å². The third kappa shape index (κ3) is 4.41. The van der Waals surface area contributed by atoms with Crippen LogP contribution in [0.1, 0.15) is 12.5 Å². The van der Waals surface area contributed by atoms with Crippen LogP contribution in [-0.4, -0.2) is 6.21 Å². The molecule has 0 heterocycles. The van der Waals surface area contributed by atoms with Gasteiger partial charge in [-0.25, -0.2) is 0 Å². The van der Waals surface area contributed by atoms with Gasteiger partial charge in [0, 0.05) is 20.1 Å². The Labute approximate surface area is 133 Å². The van der Waals surface area contributed by atoms with Gasteiger partial charge in [0.15, 0.2) is 0 Å². The topological polar surface area (TPSA) is 22.3 Å². The van der Waals surface area contributed by atoms with Gasteiger partial charge in [-0.3, -0.25) is 0 Å². The summed E-state index contributed by atoms with van der Waals surface area (Å²) in [5.74, 6) is 0. The van der Waals surface area contributed by atoms with E-state index >= 15 is 0 Å². The summed E-state index contributed by atoms with van der Waals surface area (Å²) < 4.78 is 0. The maximum absolute atomic E-state index is 8.56. The van der Waals surface area contributed by atoms with E-state index in [-0.39, 0.29) is 20.1 Å². The number of allylic oxidation sites excluding steroid dienone is 4. The minimum absolute atomic E-state index is 0. The molecule has 1 radical (unpaired) electrons. The maximum Gasteiger partial charge on any atom is 0 e. The molecule has 103 valence electrons. The van der Waals surface area contributed by atoms with E-state index in [9.17, 15) is 0 Å². The van der Waals surface area contributed by atoms with E-state index in [0.29, 0.717) is 0 Å². The van der Waals surface area contributed by atoms with Crippen LogP contribution >= 0.6 is 0 Å². The van der Waals surface area contributed by atoms with Gasteiger partial charge in [-0.1, -0.05) is 60.5 Å². The fourth-order valence-corrected chi connectivity index (χ4v) is 1.82. The molecule has 0 aliphatic heterocycles. The summed E-state index contributed by atoms with van der Waals surface area (Å²) in [5.41, 5.74) is 4.53. The zero-order chi connectivity index (χ0) is 13.5. The molecular weight excluding hydrogens is 422 g/mol. The maximum atomic E-state index is 8.56. The number of nitrogens with zero attached hydrogens (tertiary/aromatic N) is 1. The molecule has 0 aliphatic carbocycles. The van der Waals surface area contributed by atoms with Crippen LogP contribution in [0.2, 0.25) is 0 Å². The Morgan fingerprint density at radius 2 is 1.75 bits per heavy atom. The van der Waals surface area contributed by atoms with Gasteiger partial charge in [0.25, 0.3) is 0 Å². The van der Waals surface area contributed by atoms with Crippen molar-refractivity contribution in [2.24, 2.45) is 0 Å². The van der Waals surface area contributed by atoms with Crippen molar-refractivity contribution in [1.29, 1.82) is 0 Å². The Bertz CT molecular complexity index is 595. The average molecular weight is 438 g/mol. The number of rotatable bonds is 4. The summed E-state index contributed by atoms with van der Waals surface area (Å²) in [5, 5.41) is 8.56. The van der Waals surface area contributed by atoms with Crippen molar-refractivity contribution < 1.29 is 20.1 Å². The Hall–Kier alpha value is -1.76. The van der Waals surface area contributed by atoms with E-state index in [2.05, 4.69) is 30.3 Å². The van der Waals surface area contributed by atoms with Crippen molar-refractivity contribution in [2.75, 3.05) is 0 Å². The fraction of sp³-hybridized carbons (Fsp3) is 0.0556. The van der Waals surface area contributed by atoms with Crippen LogP contribution in [-0.2, 0) is 20.1 Å². The van der Waals surface area contributed by atoms with Crippen LogP contribution in [0.5, 0.6) is 0 Å². The van der Waals surface area contributed by atoms with Gasteiger partial charge in [-0.05, 0) is 0 Å². The summed E-state index contributed by atoms with van der Waals surface area (Å²) in [6, 6.07) is 19.7. The Balaban J connectivity index is 0.00000200. The molecule has 0 saturated heterocycles. The molecule has 0 unspecified atom stereocenters. The molecule has 2 rings (SSSR count). The standard InChI is InChI=1S/C18H15N.Ir/c1-15(7-5-6-14-19)16-10-12-18(13-11-16)17-8-3-2-4-9-17;/h2-10,12-14H,1H3;/q-2;/b6-5-,15-7+;. The van der Waals surface area contributed by atoms with E-state index in [1.165, 1.54) is 5.56 Å². The molecule has 2 heteroatoms. The fourth-order valence-electron chi connectivity index (χ4n) is 1.82. The predicted molar refractivity (Wildman–Crippen MR) is 82.9 cm³/mol. The summed E-state index contributed by atoms with van der Waals surface area (Å²) in [7, 11) is 0. The van der Waals surface area contributed by atoms with E-state index in [4.69, 9.17) is 5.41 Å². The molecule has 2 aromatic carbocycles. The second-order valence-electron chi connectivity index (χ2n) is 4.24. The third-order valence-electron chi connectivity index (χ3n) is 2.89. The van der Waals surface area contributed by atoms with E-state index < -0.39 is 0 Å². The van der Waals surface area contributed by atoms with E-state index in [1.54, 1.807) is 12.2 Å². The molecule has 0 N–H and O–H groups in total. The van der Waals surface area contributed by atoms with Gasteiger partial charge in [-0.2, -0.15) is 6.21 Å². The van der Waals surface area contributed by atoms with Crippen molar-refractivity contribution in [1.82, 2.24) is 0 Å². The molecular formula is C18H15IrN-2. The van der Waals surface area contributed by atoms with Gasteiger partial charge >= 0.3 is 0 Å². The van der Waals surface area contributed by atoms with Crippen LogP contribution in [0.25, 0.3) is 22.1 Å². The van der Waals surface area contributed by atoms with E-state index in [1.807, 2.05) is 37.3 Å². The van der Waals surface area contributed by atoms with E-state index in [0.717, 1.165) is 22.9 Å². The Morgan fingerprint density at radius 3 is 2.35 bits per heavy atom. The predicted octanol–water partition coefficient (Wildman–Crippen LogP) is 4.75. The van der Waals surface area contributed by atoms with Crippen molar-refractivity contribution in [2.45, 2.75) is 6.92 Å². The Kier molecular flexibility index (Phi) is 6.86. The number of hydrogen-bond donors (Lipinski definition) is 0. The van der Waals surface area contributed by atoms with Gasteiger partial charge in [0.2, 0.25) is 0 Å². The second kappa shape index (κ2) is 8.42. The van der Waals surface area contributed by atoms with Crippen LogP contribution in [0.15, 0.2) is 66.8 Å². The average Bonchev–Trinajstić information content (AvgIpc) is 2.48. The molecule has 0 amide bonds. The molecule has 0 spiro atoms. The van der Waals surface area contributed by atoms with Crippen molar-refractivity contribution >= 4 is 11.8 Å². The largest absolute Gasteiger partial charge is 0.811 e. The first-order chi connectivity index (χ1) is 9.31. The van der Waals surface area contributed by atoms with Crippen LogP contribution in [0.3, 0.4) is 0 Å². The van der Waals surface area contributed by atoms with Gasteiger partial charge in [0.1, 0.15) is 0 Å². The molecule has 20 heavy (non-hydrogen) atoms. The van der Waals surface area contributed by atoms with Crippen LogP contribution in [0.4, 0.5) is 0 Å². The monoisotopic (exact) mass is 438 g/mol. The smallest absolute Gasteiger partial charge is 0 e. The number of hydrogen-bond acceptors (Lipinski definition) is 0. The minimum Gasteiger partial charge on any atom is -0.811 e. The molecule has 0 bridgehead atoms. The van der Waals surface area contributed by atoms with Gasteiger partial charge < -0.3 is 5.41 Å². The zero-order valence-electron chi connectivity index (χ0n) is 11.2. The van der Waals surface area contributed by atoms with Crippen molar-refractivity contribution in [3.63, 3.8) is 0 Å². The molecule has 0 fully saturated rings. The molecule has 0 atom stereocenters. The molecule has 0 saturated carbocycles. The van der Waals surface area contributed by atoms with Crippen LogP contribution < -0.4 is 0 Å². The van der Waals surface area contributed by atoms with Crippen molar-refractivity contribution in [3.05, 3.63) is 83.8 Å². The first kappa shape index (κ1) is 16.3. The second-order valence-corrected chi connectivity index (χ2v) is 4.24. The number of benzene rings is 2. The zero-order valence-corrected chi connectivity index (χ0v) is 13.6. The molecule has 0 aromatic heterocycles. The first-order valence-corrected chi connectivity index (χ1v) is 6.20. The molecule has 1 nitrogen and oxygen atoms in total. The quantitative estimate of drug-likeness (QED) is 0.374. The first-order valence-electron chi connectivity index (χ1n) is 6.20. The van der Waals surface area contributed by atoms with Crippen molar-refractivity contribution in [3.8, 4) is 11.1 Å². The normalized spacial score (nSPS) is 11.2. The summed E-state index contributed by atoms with van der Waals surface area (Å²) in [4.78, 5) is 0. The Morgan fingerprint density at radius 1 is 1.00 bits per heavy atom. The SMILES string of the molecule is C/C(=C\C=C/C=[N-])c1[c-]cc(-c2ccccc2)cc1.[Ir].